The number of esters is 1. The van der Waals surface area contributed by atoms with E-state index in [4.69, 9.17) is 14.2 Å². The van der Waals surface area contributed by atoms with Gasteiger partial charge in [0.2, 0.25) is 0 Å². The van der Waals surface area contributed by atoms with Crippen LogP contribution in [0, 0.1) is 0 Å². The standard InChI is InChI=1S/C29H32N2O7/c1-31-15-13-28-23-18-8-9-19(36-2)25(23)38-26(28)20(10-12-29(28,35)21(31)16-18)37-22(32)11-14-30-27(34)24(33)17-6-4-3-5-7-17/h3-10,21,24,26,33,35H,11-16H2,1-2H3,(H,30,34)/t21-,24+,26+,28+,29-/m1/s1. The highest BCUT2D eigenvalue weighted by molar-refractivity contribution is 5.82. The van der Waals surface area contributed by atoms with E-state index < -0.39 is 35.1 Å². The maximum Gasteiger partial charge on any atom is 0.312 e. The van der Waals surface area contributed by atoms with Crippen LogP contribution in [-0.2, 0) is 26.2 Å². The fourth-order valence-corrected chi connectivity index (χ4v) is 6.94. The van der Waals surface area contributed by atoms with Crippen LogP contribution in [0.5, 0.6) is 11.5 Å². The van der Waals surface area contributed by atoms with E-state index in [1.54, 1.807) is 43.5 Å². The predicted octanol–water partition coefficient (Wildman–Crippen LogP) is 1.76. The molecule has 2 bridgehead atoms. The molecule has 1 fully saturated rings. The Bertz CT molecular complexity index is 1310. The van der Waals surface area contributed by atoms with Crippen molar-refractivity contribution in [2.24, 2.45) is 0 Å². The van der Waals surface area contributed by atoms with Gasteiger partial charge in [0, 0.05) is 24.6 Å². The van der Waals surface area contributed by atoms with Crippen molar-refractivity contribution in [3.8, 4) is 11.5 Å². The van der Waals surface area contributed by atoms with Crippen molar-refractivity contribution in [3.05, 3.63) is 71.0 Å². The van der Waals surface area contributed by atoms with Crippen molar-refractivity contribution < 1.29 is 34.0 Å². The van der Waals surface area contributed by atoms with Gasteiger partial charge in [-0.05, 0) is 49.7 Å². The molecule has 0 saturated carbocycles. The summed E-state index contributed by atoms with van der Waals surface area (Å²) < 4.78 is 17.9. The number of methoxy groups -OCH3 is 1. The minimum absolute atomic E-state index is 0.0144. The molecule has 1 amide bonds. The van der Waals surface area contributed by atoms with E-state index in [9.17, 15) is 19.8 Å². The molecule has 0 unspecified atom stereocenters. The van der Waals surface area contributed by atoms with Crippen molar-refractivity contribution in [3.63, 3.8) is 0 Å². The number of aliphatic hydroxyl groups excluding tert-OH is 1. The number of rotatable bonds is 7. The minimum Gasteiger partial charge on any atom is -0.493 e. The number of nitrogens with one attached hydrogen (secondary N) is 1. The Morgan fingerprint density at radius 3 is 2.79 bits per heavy atom. The first kappa shape index (κ1) is 24.9. The van der Waals surface area contributed by atoms with Crippen molar-refractivity contribution in [2.75, 3.05) is 27.2 Å². The van der Waals surface area contributed by atoms with Crippen molar-refractivity contribution >= 4 is 11.9 Å². The van der Waals surface area contributed by atoms with Crippen LogP contribution in [0.2, 0.25) is 0 Å². The molecule has 1 spiro atoms. The number of ether oxygens (including phenoxy) is 3. The third kappa shape index (κ3) is 3.49. The molecule has 9 nitrogen and oxygen atoms in total. The third-order valence-corrected chi connectivity index (χ3v) is 8.78. The van der Waals surface area contributed by atoms with E-state index >= 15 is 0 Å². The van der Waals surface area contributed by atoms with Gasteiger partial charge in [-0.1, -0.05) is 36.4 Å². The second-order valence-electron chi connectivity index (χ2n) is 10.6. The fraction of sp³-hybridized carbons (Fsp3) is 0.448. The molecule has 5 atom stereocenters. The molecule has 2 aromatic rings. The predicted molar refractivity (Wildman–Crippen MR) is 137 cm³/mol. The van der Waals surface area contributed by atoms with Gasteiger partial charge in [0.25, 0.3) is 5.91 Å². The number of carbonyl (C=O) groups is 2. The van der Waals surface area contributed by atoms with Crippen molar-refractivity contribution in [1.82, 2.24) is 10.2 Å². The van der Waals surface area contributed by atoms with Gasteiger partial charge in [-0.15, -0.1) is 0 Å². The van der Waals surface area contributed by atoms with Crippen LogP contribution in [0.25, 0.3) is 0 Å². The number of piperidine rings is 1. The number of aliphatic hydroxyl groups is 2. The maximum absolute atomic E-state index is 12.9. The average molecular weight is 521 g/mol. The Labute approximate surface area is 221 Å². The molecule has 200 valence electrons. The SMILES string of the molecule is COc1ccc2c3c1O[C@H]1C(OC(=O)CCNC(=O)[C@@H](O)c4ccccc4)=CC[C@@]4(O)[C@@H](C2)N(C)CC[C@]314. The van der Waals surface area contributed by atoms with E-state index in [2.05, 4.69) is 10.2 Å². The maximum atomic E-state index is 12.9. The summed E-state index contributed by atoms with van der Waals surface area (Å²) in [6.45, 7) is 0.792. The van der Waals surface area contributed by atoms with E-state index in [0.29, 0.717) is 42.1 Å². The van der Waals surface area contributed by atoms with Gasteiger partial charge < -0.3 is 34.6 Å². The van der Waals surface area contributed by atoms with Crippen molar-refractivity contribution in [2.45, 2.75) is 54.9 Å². The third-order valence-electron chi connectivity index (χ3n) is 8.78. The van der Waals surface area contributed by atoms with E-state index in [0.717, 1.165) is 17.7 Å². The highest BCUT2D eigenvalue weighted by Crippen LogP contribution is 2.65. The lowest BCUT2D eigenvalue weighted by molar-refractivity contribution is -0.169. The topological polar surface area (TPSA) is 118 Å². The molecule has 0 aromatic heterocycles. The van der Waals surface area contributed by atoms with Gasteiger partial charge in [-0.3, -0.25) is 9.59 Å². The highest BCUT2D eigenvalue weighted by atomic mass is 16.6. The number of likely N-dealkylation sites (tertiary alicyclic amines) is 1. The van der Waals surface area contributed by atoms with E-state index in [-0.39, 0.29) is 19.0 Å². The summed E-state index contributed by atoms with van der Waals surface area (Å²) >= 11 is 0. The Balaban J connectivity index is 1.20. The minimum atomic E-state index is -1.32. The first-order chi connectivity index (χ1) is 18.3. The second kappa shape index (κ2) is 9.11. The van der Waals surface area contributed by atoms with Crippen LogP contribution in [0.15, 0.2) is 54.3 Å². The lowest BCUT2D eigenvalue weighted by Crippen LogP contribution is -2.74. The number of benzene rings is 2. The quantitative estimate of drug-likeness (QED) is 0.473. The summed E-state index contributed by atoms with van der Waals surface area (Å²) in [5.41, 5.74) is 0.741. The summed E-state index contributed by atoms with van der Waals surface area (Å²) in [5.74, 6) is 0.475. The molecule has 3 N–H and O–H groups in total. The summed E-state index contributed by atoms with van der Waals surface area (Å²) in [5, 5.41) is 25.1. The lowest BCUT2D eigenvalue weighted by Gasteiger charge is -2.61. The normalized spacial score (nSPS) is 29.4. The number of amides is 1. The van der Waals surface area contributed by atoms with E-state index in [1.807, 2.05) is 19.2 Å². The molecule has 1 saturated heterocycles. The molecular weight excluding hydrogens is 488 g/mol. The van der Waals surface area contributed by atoms with Gasteiger partial charge in [0.1, 0.15) is 5.76 Å². The molecular formula is C29H32N2O7. The Morgan fingerprint density at radius 1 is 1.24 bits per heavy atom. The largest absolute Gasteiger partial charge is 0.493 e. The first-order valence-corrected chi connectivity index (χ1v) is 13.0. The van der Waals surface area contributed by atoms with Gasteiger partial charge >= 0.3 is 5.97 Å². The zero-order chi connectivity index (χ0) is 26.7. The second-order valence-corrected chi connectivity index (χ2v) is 10.6. The highest BCUT2D eigenvalue weighted by Gasteiger charge is 2.72. The number of hydrogen-bond donors (Lipinski definition) is 3. The fourth-order valence-electron chi connectivity index (χ4n) is 6.94. The lowest BCUT2D eigenvalue weighted by atomic mass is 9.50. The smallest absolute Gasteiger partial charge is 0.312 e. The van der Waals surface area contributed by atoms with Gasteiger partial charge in [0.05, 0.1) is 24.5 Å². The number of nitrogens with zero attached hydrogens (tertiary/aromatic N) is 1. The monoisotopic (exact) mass is 520 g/mol. The van der Waals surface area contributed by atoms with Crippen LogP contribution in [-0.4, -0.2) is 72.0 Å². The zero-order valence-electron chi connectivity index (χ0n) is 21.5. The van der Waals surface area contributed by atoms with Crippen molar-refractivity contribution in [1.29, 1.82) is 0 Å². The molecule has 2 aromatic carbocycles. The molecule has 2 aliphatic carbocycles. The van der Waals surface area contributed by atoms with Crippen LogP contribution >= 0.6 is 0 Å². The first-order valence-electron chi connectivity index (χ1n) is 13.0. The number of likely N-dealkylation sites (N-methyl/N-ethyl adjacent to an activating group) is 1. The molecule has 4 aliphatic rings. The molecule has 6 rings (SSSR count). The molecule has 9 heteroatoms. The summed E-state index contributed by atoms with van der Waals surface area (Å²) in [7, 11) is 3.63. The summed E-state index contributed by atoms with van der Waals surface area (Å²) in [4.78, 5) is 27.4. The van der Waals surface area contributed by atoms with Crippen LogP contribution in [0.3, 0.4) is 0 Å². The van der Waals surface area contributed by atoms with Gasteiger partial charge in [-0.2, -0.15) is 0 Å². The van der Waals surface area contributed by atoms with Crippen LogP contribution < -0.4 is 14.8 Å². The van der Waals surface area contributed by atoms with Crippen LogP contribution in [0.1, 0.15) is 42.1 Å². The Kier molecular flexibility index (Phi) is 5.97. The molecule has 2 heterocycles. The molecule has 2 aliphatic heterocycles. The Morgan fingerprint density at radius 2 is 2.03 bits per heavy atom. The van der Waals surface area contributed by atoms with Gasteiger partial charge in [-0.25, -0.2) is 0 Å². The zero-order valence-corrected chi connectivity index (χ0v) is 21.5. The van der Waals surface area contributed by atoms with Gasteiger partial charge in [0.15, 0.2) is 23.7 Å². The number of hydrogen-bond acceptors (Lipinski definition) is 8. The Hall–Kier alpha value is -3.40. The van der Waals surface area contributed by atoms with Crippen LogP contribution in [0.4, 0.5) is 0 Å². The van der Waals surface area contributed by atoms with E-state index in [1.165, 1.54) is 0 Å². The molecule has 38 heavy (non-hydrogen) atoms. The number of carbonyl (C=O) groups excluding carboxylic acids is 2. The summed E-state index contributed by atoms with van der Waals surface area (Å²) in [6.07, 6.45) is 1.39. The summed E-state index contributed by atoms with van der Waals surface area (Å²) in [6, 6.07) is 12.4. The average Bonchev–Trinajstić information content (AvgIpc) is 3.28. The molecule has 0 radical (unpaired) electrons.